The maximum Gasteiger partial charge on any atom is 0.166 e. The highest BCUT2D eigenvalue weighted by Crippen LogP contribution is 2.22. The predicted molar refractivity (Wildman–Crippen MR) is 88.7 cm³/mol. The SMILES string of the molecule is Cc1ccc(C(=O)C2CCN(CCCC(C)C)CC2)cc1. The molecule has 0 unspecified atom stereocenters. The maximum absolute atomic E-state index is 12.5. The Hall–Kier alpha value is -1.15. The van der Waals surface area contributed by atoms with E-state index in [1.54, 1.807) is 0 Å². The molecule has 0 bridgehead atoms. The Bertz CT molecular complexity index is 441. The number of nitrogens with zero attached hydrogens (tertiary/aromatic N) is 1. The molecule has 1 aromatic carbocycles. The molecule has 0 N–H and O–H groups in total. The van der Waals surface area contributed by atoms with Crippen molar-refractivity contribution >= 4 is 5.78 Å². The van der Waals surface area contributed by atoms with Gasteiger partial charge in [0.2, 0.25) is 0 Å². The van der Waals surface area contributed by atoms with Gasteiger partial charge in [-0.1, -0.05) is 43.7 Å². The molecule has 0 aliphatic carbocycles. The van der Waals surface area contributed by atoms with Crippen molar-refractivity contribution in [2.45, 2.75) is 46.5 Å². The molecule has 1 fully saturated rings. The van der Waals surface area contributed by atoms with E-state index in [1.165, 1.54) is 24.9 Å². The van der Waals surface area contributed by atoms with Gasteiger partial charge >= 0.3 is 0 Å². The zero-order chi connectivity index (χ0) is 15.2. The third kappa shape index (κ3) is 4.96. The molecule has 1 aromatic rings. The number of aryl methyl sites for hydroxylation is 1. The van der Waals surface area contributed by atoms with E-state index in [9.17, 15) is 4.79 Å². The van der Waals surface area contributed by atoms with Crippen LogP contribution in [-0.4, -0.2) is 30.3 Å². The minimum atomic E-state index is 0.231. The van der Waals surface area contributed by atoms with Crippen LogP contribution in [0.15, 0.2) is 24.3 Å². The number of ketones is 1. The second-order valence-corrected chi connectivity index (χ2v) is 6.88. The van der Waals surface area contributed by atoms with Gasteiger partial charge in [0.05, 0.1) is 0 Å². The van der Waals surface area contributed by atoms with Gasteiger partial charge in [-0.25, -0.2) is 0 Å². The van der Waals surface area contributed by atoms with Crippen molar-refractivity contribution in [3.05, 3.63) is 35.4 Å². The number of likely N-dealkylation sites (tertiary alicyclic amines) is 1. The smallest absolute Gasteiger partial charge is 0.166 e. The standard InChI is InChI=1S/C19H29NO/c1-15(2)5-4-12-20-13-10-18(11-14-20)19(21)17-8-6-16(3)7-9-17/h6-9,15,18H,4-5,10-14H2,1-3H3. The van der Waals surface area contributed by atoms with Gasteiger partial charge < -0.3 is 4.90 Å². The van der Waals surface area contributed by atoms with Crippen LogP contribution in [0.25, 0.3) is 0 Å². The van der Waals surface area contributed by atoms with Crippen LogP contribution in [0.1, 0.15) is 55.5 Å². The second kappa shape index (κ2) is 7.74. The highest BCUT2D eigenvalue weighted by atomic mass is 16.1. The third-order valence-corrected chi connectivity index (χ3v) is 4.55. The van der Waals surface area contributed by atoms with E-state index in [4.69, 9.17) is 0 Å². The lowest BCUT2D eigenvalue weighted by molar-refractivity contribution is 0.0838. The van der Waals surface area contributed by atoms with Gasteiger partial charge in [-0.15, -0.1) is 0 Å². The molecule has 1 aliphatic heterocycles. The van der Waals surface area contributed by atoms with Gasteiger partial charge in [0.25, 0.3) is 0 Å². The molecule has 0 spiro atoms. The van der Waals surface area contributed by atoms with Crippen LogP contribution in [0.4, 0.5) is 0 Å². The quantitative estimate of drug-likeness (QED) is 0.726. The minimum Gasteiger partial charge on any atom is -0.303 e. The Kier molecular flexibility index (Phi) is 5.98. The van der Waals surface area contributed by atoms with Crippen molar-refractivity contribution in [1.29, 1.82) is 0 Å². The zero-order valence-electron chi connectivity index (χ0n) is 13.8. The van der Waals surface area contributed by atoms with E-state index in [0.717, 1.165) is 37.4 Å². The summed E-state index contributed by atoms with van der Waals surface area (Å²) in [6.07, 6.45) is 4.64. The predicted octanol–water partition coefficient (Wildman–Crippen LogP) is 4.33. The van der Waals surface area contributed by atoms with Crippen LogP contribution >= 0.6 is 0 Å². The Morgan fingerprint density at radius 1 is 1.19 bits per heavy atom. The molecule has 116 valence electrons. The summed E-state index contributed by atoms with van der Waals surface area (Å²) in [7, 11) is 0. The molecule has 2 rings (SSSR count). The van der Waals surface area contributed by atoms with Gasteiger partial charge in [0, 0.05) is 11.5 Å². The van der Waals surface area contributed by atoms with Gasteiger partial charge in [-0.05, 0) is 58.2 Å². The lowest BCUT2D eigenvalue weighted by atomic mass is 9.88. The molecule has 1 heterocycles. The lowest BCUT2D eigenvalue weighted by Crippen LogP contribution is -2.37. The molecule has 2 nitrogen and oxygen atoms in total. The van der Waals surface area contributed by atoms with Gasteiger partial charge in [0.1, 0.15) is 0 Å². The van der Waals surface area contributed by atoms with E-state index in [2.05, 4.69) is 25.7 Å². The third-order valence-electron chi connectivity index (χ3n) is 4.55. The van der Waals surface area contributed by atoms with Crippen LogP contribution in [0.2, 0.25) is 0 Å². The number of Topliss-reactive ketones (excluding diaryl/α,β-unsaturated/α-hetero) is 1. The highest BCUT2D eigenvalue weighted by Gasteiger charge is 2.25. The Morgan fingerprint density at radius 2 is 1.81 bits per heavy atom. The van der Waals surface area contributed by atoms with Crippen LogP contribution in [0.3, 0.4) is 0 Å². The van der Waals surface area contributed by atoms with Crippen molar-refractivity contribution in [3.63, 3.8) is 0 Å². The first-order valence-electron chi connectivity index (χ1n) is 8.39. The number of hydrogen-bond acceptors (Lipinski definition) is 2. The Morgan fingerprint density at radius 3 is 2.38 bits per heavy atom. The normalized spacial score (nSPS) is 17.3. The van der Waals surface area contributed by atoms with Gasteiger partial charge in [-0.2, -0.15) is 0 Å². The zero-order valence-corrected chi connectivity index (χ0v) is 13.8. The van der Waals surface area contributed by atoms with Crippen molar-refractivity contribution < 1.29 is 4.79 Å². The van der Waals surface area contributed by atoms with Crippen molar-refractivity contribution in [2.75, 3.05) is 19.6 Å². The van der Waals surface area contributed by atoms with E-state index in [0.29, 0.717) is 5.78 Å². The topological polar surface area (TPSA) is 20.3 Å². The summed E-state index contributed by atoms with van der Waals surface area (Å²) in [6.45, 7) is 9.99. The number of hydrogen-bond donors (Lipinski definition) is 0. The molecule has 1 aliphatic rings. The number of piperidine rings is 1. The summed E-state index contributed by atoms with van der Waals surface area (Å²) in [5, 5.41) is 0. The maximum atomic E-state index is 12.5. The molecule has 0 saturated carbocycles. The summed E-state index contributed by atoms with van der Waals surface area (Å²) >= 11 is 0. The summed E-state index contributed by atoms with van der Waals surface area (Å²) in [5.74, 6) is 1.37. The summed E-state index contributed by atoms with van der Waals surface area (Å²) in [6, 6.07) is 8.03. The van der Waals surface area contributed by atoms with Crippen LogP contribution in [-0.2, 0) is 0 Å². The number of benzene rings is 1. The fraction of sp³-hybridized carbons (Fsp3) is 0.632. The molecule has 2 heteroatoms. The molecule has 0 aromatic heterocycles. The molecule has 0 atom stereocenters. The summed E-state index contributed by atoms with van der Waals surface area (Å²) in [4.78, 5) is 15.0. The minimum absolute atomic E-state index is 0.231. The van der Waals surface area contributed by atoms with Crippen molar-refractivity contribution in [3.8, 4) is 0 Å². The highest BCUT2D eigenvalue weighted by molar-refractivity contribution is 5.97. The van der Waals surface area contributed by atoms with Crippen molar-refractivity contribution in [1.82, 2.24) is 4.90 Å². The molecule has 21 heavy (non-hydrogen) atoms. The van der Waals surface area contributed by atoms with Gasteiger partial charge in [-0.3, -0.25) is 4.79 Å². The van der Waals surface area contributed by atoms with E-state index >= 15 is 0 Å². The fourth-order valence-electron chi connectivity index (χ4n) is 3.10. The van der Waals surface area contributed by atoms with Crippen LogP contribution < -0.4 is 0 Å². The average Bonchev–Trinajstić information content (AvgIpc) is 2.48. The molecule has 1 saturated heterocycles. The average molecular weight is 287 g/mol. The molecular weight excluding hydrogens is 258 g/mol. The number of carbonyl (C=O) groups is 1. The first-order valence-corrected chi connectivity index (χ1v) is 8.39. The molecule has 0 amide bonds. The Balaban J connectivity index is 1.78. The largest absolute Gasteiger partial charge is 0.303 e. The van der Waals surface area contributed by atoms with E-state index in [1.807, 2.05) is 24.3 Å². The second-order valence-electron chi connectivity index (χ2n) is 6.88. The first-order chi connectivity index (χ1) is 10.1. The molecule has 0 radical (unpaired) electrons. The fourth-order valence-corrected chi connectivity index (χ4v) is 3.10. The lowest BCUT2D eigenvalue weighted by Gasteiger charge is -2.31. The Labute approximate surface area is 129 Å². The van der Waals surface area contributed by atoms with E-state index in [-0.39, 0.29) is 5.92 Å². The molecular formula is C19H29NO. The first kappa shape index (κ1) is 16.2. The monoisotopic (exact) mass is 287 g/mol. The van der Waals surface area contributed by atoms with E-state index < -0.39 is 0 Å². The number of rotatable bonds is 6. The van der Waals surface area contributed by atoms with Crippen molar-refractivity contribution in [2.24, 2.45) is 11.8 Å². The number of carbonyl (C=O) groups excluding carboxylic acids is 1. The summed E-state index contributed by atoms with van der Waals surface area (Å²) < 4.78 is 0. The van der Waals surface area contributed by atoms with Crippen LogP contribution in [0.5, 0.6) is 0 Å². The van der Waals surface area contributed by atoms with Gasteiger partial charge in [0.15, 0.2) is 5.78 Å². The van der Waals surface area contributed by atoms with Crippen LogP contribution in [0, 0.1) is 18.8 Å². The summed E-state index contributed by atoms with van der Waals surface area (Å²) in [5.41, 5.74) is 2.10.